The number of fused-ring (bicyclic) bond motifs is 1. The summed E-state index contributed by atoms with van der Waals surface area (Å²) in [6.07, 6.45) is 2.43. The third kappa shape index (κ3) is 3.14. The standard InChI is InChI=1S/C18H25N5O3/c1-12-10-15-16(13(2)25-12)20-21(3)17(15)18(24)23-8-6-22(7-9-23)11-14-4-5-19-26-14/h4-5,12-13H,6-11H2,1-3H3/t12-,13+/m1/s1. The Morgan fingerprint density at radius 1 is 1.27 bits per heavy atom. The van der Waals surface area contributed by atoms with Crippen LogP contribution in [-0.4, -0.2) is 62.9 Å². The number of hydrogen-bond acceptors (Lipinski definition) is 6. The van der Waals surface area contributed by atoms with Crippen molar-refractivity contribution in [3.8, 4) is 0 Å². The highest BCUT2D eigenvalue weighted by atomic mass is 16.5. The van der Waals surface area contributed by atoms with E-state index in [0.29, 0.717) is 18.8 Å². The number of ether oxygens (including phenoxy) is 1. The van der Waals surface area contributed by atoms with Crippen molar-refractivity contribution in [3.63, 3.8) is 0 Å². The van der Waals surface area contributed by atoms with Gasteiger partial charge in [0.1, 0.15) is 5.69 Å². The van der Waals surface area contributed by atoms with Gasteiger partial charge in [0.15, 0.2) is 5.76 Å². The van der Waals surface area contributed by atoms with Gasteiger partial charge in [-0.3, -0.25) is 14.4 Å². The Hall–Kier alpha value is -2.19. The monoisotopic (exact) mass is 359 g/mol. The number of nitrogens with zero attached hydrogens (tertiary/aromatic N) is 5. The number of hydrogen-bond donors (Lipinski definition) is 0. The zero-order chi connectivity index (χ0) is 18.3. The van der Waals surface area contributed by atoms with Gasteiger partial charge in [-0.15, -0.1) is 0 Å². The second-order valence-electron chi connectivity index (χ2n) is 7.18. The fourth-order valence-electron chi connectivity index (χ4n) is 3.94. The molecule has 2 aromatic rings. The van der Waals surface area contributed by atoms with Gasteiger partial charge in [0.05, 0.1) is 30.6 Å². The zero-order valence-electron chi connectivity index (χ0n) is 15.5. The molecule has 0 aromatic carbocycles. The molecule has 1 fully saturated rings. The van der Waals surface area contributed by atoms with Gasteiger partial charge in [0, 0.05) is 51.3 Å². The predicted octanol–water partition coefficient (Wildman–Crippen LogP) is 1.39. The normalized spacial score (nSPS) is 23.9. The number of carbonyl (C=O) groups excluding carboxylic acids is 1. The fourth-order valence-corrected chi connectivity index (χ4v) is 3.94. The van der Waals surface area contributed by atoms with Crippen LogP contribution in [0.1, 0.15) is 47.5 Å². The van der Waals surface area contributed by atoms with E-state index in [2.05, 4.69) is 15.2 Å². The van der Waals surface area contributed by atoms with Crippen LogP contribution in [0.25, 0.3) is 0 Å². The van der Waals surface area contributed by atoms with Gasteiger partial charge >= 0.3 is 0 Å². The van der Waals surface area contributed by atoms with E-state index in [0.717, 1.165) is 43.1 Å². The van der Waals surface area contributed by atoms with E-state index in [1.165, 1.54) is 0 Å². The Morgan fingerprint density at radius 2 is 2.04 bits per heavy atom. The summed E-state index contributed by atoms with van der Waals surface area (Å²) in [7, 11) is 1.85. The van der Waals surface area contributed by atoms with Gasteiger partial charge in [-0.2, -0.15) is 5.10 Å². The SMILES string of the molecule is C[C@@H]1Cc2c(nn(C)c2C(=O)N2CCN(Cc3ccno3)CC2)[C@H](C)O1. The molecule has 0 spiro atoms. The van der Waals surface area contributed by atoms with Crippen molar-refractivity contribution in [3.05, 3.63) is 35.0 Å². The number of amides is 1. The van der Waals surface area contributed by atoms with E-state index in [4.69, 9.17) is 9.26 Å². The third-order valence-corrected chi connectivity index (χ3v) is 5.22. The molecule has 0 radical (unpaired) electrons. The summed E-state index contributed by atoms with van der Waals surface area (Å²) in [6, 6.07) is 1.88. The van der Waals surface area contributed by atoms with Gasteiger partial charge in [-0.25, -0.2) is 0 Å². The smallest absolute Gasteiger partial charge is 0.272 e. The van der Waals surface area contributed by atoms with Crippen LogP contribution < -0.4 is 0 Å². The average Bonchev–Trinajstić information content (AvgIpc) is 3.22. The molecule has 2 aromatic heterocycles. The Kier molecular flexibility index (Phi) is 4.54. The van der Waals surface area contributed by atoms with Crippen LogP contribution >= 0.6 is 0 Å². The lowest BCUT2D eigenvalue weighted by atomic mass is 9.99. The minimum atomic E-state index is -0.0692. The van der Waals surface area contributed by atoms with E-state index in [9.17, 15) is 4.79 Å². The van der Waals surface area contributed by atoms with Gasteiger partial charge in [-0.1, -0.05) is 5.16 Å². The summed E-state index contributed by atoms with van der Waals surface area (Å²) >= 11 is 0. The summed E-state index contributed by atoms with van der Waals surface area (Å²) in [5, 5.41) is 8.30. The van der Waals surface area contributed by atoms with E-state index in [1.54, 1.807) is 10.9 Å². The van der Waals surface area contributed by atoms with Crippen molar-refractivity contribution < 1.29 is 14.1 Å². The number of carbonyl (C=O) groups is 1. The Bertz CT molecular complexity index is 777. The predicted molar refractivity (Wildman–Crippen MR) is 93.6 cm³/mol. The first kappa shape index (κ1) is 17.2. The maximum Gasteiger partial charge on any atom is 0.272 e. The van der Waals surface area contributed by atoms with Crippen LogP contribution in [0.5, 0.6) is 0 Å². The van der Waals surface area contributed by atoms with Gasteiger partial charge in [0.25, 0.3) is 5.91 Å². The minimum Gasteiger partial charge on any atom is -0.369 e. The lowest BCUT2D eigenvalue weighted by molar-refractivity contribution is -0.00716. The van der Waals surface area contributed by atoms with Crippen molar-refractivity contribution in [2.45, 2.75) is 39.0 Å². The molecule has 1 saturated heterocycles. The van der Waals surface area contributed by atoms with Crippen LogP contribution in [0.15, 0.2) is 16.8 Å². The lowest BCUT2D eigenvalue weighted by Gasteiger charge is -2.34. The molecule has 2 aliphatic rings. The second-order valence-corrected chi connectivity index (χ2v) is 7.18. The molecular formula is C18H25N5O3. The molecule has 0 N–H and O–H groups in total. The molecule has 8 nitrogen and oxygen atoms in total. The number of aromatic nitrogens is 3. The van der Waals surface area contributed by atoms with Crippen LogP contribution in [0, 0.1) is 0 Å². The van der Waals surface area contributed by atoms with E-state index >= 15 is 0 Å². The van der Waals surface area contributed by atoms with Gasteiger partial charge in [-0.05, 0) is 13.8 Å². The highest BCUT2D eigenvalue weighted by Gasteiger charge is 2.33. The highest BCUT2D eigenvalue weighted by molar-refractivity contribution is 5.94. The van der Waals surface area contributed by atoms with Gasteiger partial charge < -0.3 is 14.2 Å². The third-order valence-electron chi connectivity index (χ3n) is 5.22. The summed E-state index contributed by atoms with van der Waals surface area (Å²) in [5.74, 6) is 0.926. The highest BCUT2D eigenvalue weighted by Crippen LogP contribution is 2.31. The first-order chi connectivity index (χ1) is 12.5. The van der Waals surface area contributed by atoms with Crippen LogP contribution in [0.4, 0.5) is 0 Å². The van der Waals surface area contributed by atoms with Crippen molar-refractivity contribution in [2.24, 2.45) is 7.05 Å². The molecule has 0 unspecified atom stereocenters. The molecule has 26 heavy (non-hydrogen) atoms. The van der Waals surface area contributed by atoms with Crippen molar-refractivity contribution in [2.75, 3.05) is 26.2 Å². The molecule has 140 valence electrons. The van der Waals surface area contributed by atoms with Crippen molar-refractivity contribution >= 4 is 5.91 Å². The first-order valence-electron chi connectivity index (χ1n) is 9.15. The summed E-state index contributed by atoms with van der Waals surface area (Å²) in [5.41, 5.74) is 2.66. The van der Waals surface area contributed by atoms with Crippen LogP contribution in [0.3, 0.4) is 0 Å². The quantitative estimate of drug-likeness (QED) is 0.824. The molecule has 1 amide bonds. The zero-order valence-corrected chi connectivity index (χ0v) is 15.5. The molecule has 8 heteroatoms. The lowest BCUT2D eigenvalue weighted by Crippen LogP contribution is -2.48. The molecule has 4 rings (SSSR count). The van der Waals surface area contributed by atoms with Crippen molar-refractivity contribution in [1.29, 1.82) is 0 Å². The largest absolute Gasteiger partial charge is 0.369 e. The fraction of sp³-hybridized carbons (Fsp3) is 0.611. The Labute approximate surface area is 152 Å². The molecule has 2 aliphatic heterocycles. The topological polar surface area (TPSA) is 76.6 Å². The van der Waals surface area contributed by atoms with Crippen LogP contribution in [0.2, 0.25) is 0 Å². The number of rotatable bonds is 3. The molecule has 2 atom stereocenters. The number of piperazine rings is 1. The maximum atomic E-state index is 13.2. The average molecular weight is 359 g/mol. The Morgan fingerprint density at radius 3 is 2.73 bits per heavy atom. The Balaban J connectivity index is 1.46. The van der Waals surface area contributed by atoms with Gasteiger partial charge in [0.2, 0.25) is 0 Å². The molecular weight excluding hydrogens is 334 g/mol. The summed E-state index contributed by atoms with van der Waals surface area (Å²) in [6.45, 7) is 7.82. The van der Waals surface area contributed by atoms with Crippen LogP contribution in [-0.2, 0) is 24.8 Å². The summed E-state index contributed by atoms with van der Waals surface area (Å²) < 4.78 is 12.7. The molecule has 0 bridgehead atoms. The molecule has 0 aliphatic carbocycles. The minimum absolute atomic E-state index is 0.0692. The maximum absolute atomic E-state index is 13.2. The van der Waals surface area contributed by atoms with E-state index < -0.39 is 0 Å². The van der Waals surface area contributed by atoms with Crippen molar-refractivity contribution in [1.82, 2.24) is 24.7 Å². The summed E-state index contributed by atoms with van der Waals surface area (Å²) in [4.78, 5) is 17.4. The van der Waals surface area contributed by atoms with E-state index in [1.807, 2.05) is 31.9 Å². The second kappa shape index (κ2) is 6.85. The molecule has 4 heterocycles. The van der Waals surface area contributed by atoms with E-state index in [-0.39, 0.29) is 18.1 Å². The molecule has 0 saturated carbocycles. The number of aryl methyl sites for hydroxylation is 1. The first-order valence-corrected chi connectivity index (χ1v) is 9.15.